The van der Waals surface area contributed by atoms with E-state index in [0.717, 1.165) is 42.5 Å². The normalized spacial score (nSPS) is 12.1. The summed E-state index contributed by atoms with van der Waals surface area (Å²) < 4.78 is 80.0. The Bertz CT molecular complexity index is 1310. The molecule has 0 aliphatic rings. The van der Waals surface area contributed by atoms with Crippen molar-refractivity contribution in [3.63, 3.8) is 0 Å². The van der Waals surface area contributed by atoms with Crippen LogP contribution in [0.15, 0.2) is 78.4 Å². The molecular weight excluding hydrogens is 488 g/mol. The van der Waals surface area contributed by atoms with E-state index in [9.17, 15) is 35.9 Å². The molecule has 5 nitrogen and oxygen atoms in total. The molecule has 2 amide bonds. The van der Waals surface area contributed by atoms with Gasteiger partial charge in [-0.2, -0.15) is 31.6 Å². The van der Waals surface area contributed by atoms with Gasteiger partial charge in [-0.25, -0.2) is 0 Å². The number of hydrogen-bond acceptors (Lipinski definition) is 3. The fourth-order valence-corrected chi connectivity index (χ4v) is 3.21. The first-order valence-corrected chi connectivity index (χ1v) is 10.0. The predicted molar refractivity (Wildman–Crippen MR) is 118 cm³/mol. The highest BCUT2D eigenvalue weighted by Gasteiger charge is 2.34. The second-order valence-electron chi connectivity index (χ2n) is 7.39. The van der Waals surface area contributed by atoms with Crippen LogP contribution in [-0.2, 0) is 21.9 Å². The highest BCUT2D eigenvalue weighted by Crippen LogP contribution is 2.37. The molecule has 0 fully saturated rings. The molecule has 0 heterocycles. The van der Waals surface area contributed by atoms with E-state index >= 15 is 0 Å². The minimum absolute atomic E-state index is 0.240. The molecule has 2 N–H and O–H groups in total. The van der Waals surface area contributed by atoms with E-state index < -0.39 is 52.2 Å². The van der Waals surface area contributed by atoms with Crippen molar-refractivity contribution < 1.29 is 35.9 Å². The Balaban J connectivity index is 2.22. The number of amides is 2. The number of primary amides is 1. The highest BCUT2D eigenvalue weighted by molar-refractivity contribution is 6.27. The molecule has 184 valence electrons. The summed E-state index contributed by atoms with van der Waals surface area (Å²) in [5.74, 6) is -2.53. The van der Waals surface area contributed by atoms with Gasteiger partial charge >= 0.3 is 12.4 Å². The van der Waals surface area contributed by atoms with Gasteiger partial charge in [-0.1, -0.05) is 24.3 Å². The van der Waals surface area contributed by atoms with Gasteiger partial charge in [-0.05, 0) is 60.2 Å². The molecular formula is C25H15F6N3O2. The Labute approximate surface area is 200 Å². The molecule has 0 radical (unpaired) electrons. The minimum atomic E-state index is -4.82. The second kappa shape index (κ2) is 9.95. The van der Waals surface area contributed by atoms with Gasteiger partial charge in [0.15, 0.2) is 0 Å². The largest absolute Gasteiger partial charge is 0.416 e. The maximum absolute atomic E-state index is 13.5. The van der Waals surface area contributed by atoms with Crippen LogP contribution in [0.4, 0.5) is 37.7 Å². The molecule has 0 bridgehead atoms. The lowest BCUT2D eigenvalue weighted by atomic mass is 10.1. The van der Waals surface area contributed by atoms with Gasteiger partial charge in [-0.15, -0.1) is 0 Å². The number of nitrogens with two attached hydrogens (primary N) is 1. The van der Waals surface area contributed by atoms with Crippen molar-refractivity contribution in [3.8, 4) is 6.07 Å². The van der Waals surface area contributed by atoms with Crippen molar-refractivity contribution in [2.45, 2.75) is 12.4 Å². The van der Waals surface area contributed by atoms with Crippen molar-refractivity contribution in [1.29, 1.82) is 5.26 Å². The summed E-state index contributed by atoms with van der Waals surface area (Å²) in [5, 5.41) is 8.91. The molecule has 3 aromatic rings. The third-order valence-corrected chi connectivity index (χ3v) is 4.91. The van der Waals surface area contributed by atoms with E-state index in [1.54, 1.807) is 0 Å². The van der Waals surface area contributed by atoms with E-state index in [4.69, 9.17) is 11.0 Å². The quantitative estimate of drug-likeness (QED) is 0.206. The standard InChI is InChI=1S/C25H15F6N3O2/c26-24(27,28)17-3-1-5-19(12-17)34(20-6-2-4-18(13-20)25(29,30)31)23(36)21(22(33)35)11-15-7-9-16(14-32)10-8-15/h1-13H,(H2,33,35). The Morgan fingerprint density at radius 3 is 1.67 bits per heavy atom. The summed E-state index contributed by atoms with van der Waals surface area (Å²) in [6.45, 7) is 0. The van der Waals surface area contributed by atoms with Crippen LogP contribution in [0.3, 0.4) is 0 Å². The molecule has 36 heavy (non-hydrogen) atoms. The summed E-state index contributed by atoms with van der Waals surface area (Å²) in [6.07, 6.45) is -8.60. The van der Waals surface area contributed by atoms with Crippen LogP contribution >= 0.6 is 0 Å². The molecule has 0 atom stereocenters. The molecule has 0 spiro atoms. The lowest BCUT2D eigenvalue weighted by molar-refractivity contribution is -0.138. The number of nitrogens with zero attached hydrogens (tertiary/aromatic N) is 2. The Morgan fingerprint density at radius 2 is 1.28 bits per heavy atom. The van der Waals surface area contributed by atoms with Crippen LogP contribution in [0.1, 0.15) is 22.3 Å². The van der Waals surface area contributed by atoms with Crippen molar-refractivity contribution in [2.75, 3.05) is 4.90 Å². The first-order valence-electron chi connectivity index (χ1n) is 10.0. The monoisotopic (exact) mass is 503 g/mol. The zero-order valence-electron chi connectivity index (χ0n) is 18.1. The van der Waals surface area contributed by atoms with Gasteiger partial charge in [0.25, 0.3) is 11.8 Å². The van der Waals surface area contributed by atoms with Crippen LogP contribution in [0.2, 0.25) is 0 Å². The van der Waals surface area contributed by atoms with Crippen LogP contribution in [0, 0.1) is 11.3 Å². The van der Waals surface area contributed by atoms with Gasteiger partial charge in [-0.3, -0.25) is 14.5 Å². The van der Waals surface area contributed by atoms with Crippen LogP contribution < -0.4 is 10.6 Å². The number of alkyl halides is 6. The molecule has 3 aromatic carbocycles. The average molecular weight is 503 g/mol. The Kier molecular flexibility index (Phi) is 7.19. The molecule has 0 aliphatic heterocycles. The number of hydrogen-bond donors (Lipinski definition) is 1. The third kappa shape index (κ3) is 5.90. The van der Waals surface area contributed by atoms with E-state index in [-0.39, 0.29) is 11.1 Å². The lowest BCUT2D eigenvalue weighted by Gasteiger charge is -2.25. The highest BCUT2D eigenvalue weighted by atomic mass is 19.4. The summed E-state index contributed by atoms with van der Waals surface area (Å²) >= 11 is 0. The fraction of sp³-hybridized carbons (Fsp3) is 0.0800. The van der Waals surface area contributed by atoms with Crippen molar-refractivity contribution in [3.05, 3.63) is 101 Å². The molecule has 0 aliphatic carbocycles. The first-order chi connectivity index (χ1) is 16.8. The molecule has 0 saturated carbocycles. The number of anilines is 2. The van der Waals surface area contributed by atoms with Gasteiger partial charge in [0.2, 0.25) is 0 Å². The van der Waals surface area contributed by atoms with Crippen molar-refractivity contribution in [2.24, 2.45) is 5.73 Å². The van der Waals surface area contributed by atoms with Gasteiger partial charge in [0, 0.05) is 11.4 Å². The van der Waals surface area contributed by atoms with Crippen molar-refractivity contribution >= 4 is 29.3 Å². The number of carbonyl (C=O) groups excluding carboxylic acids is 2. The molecule has 3 rings (SSSR count). The predicted octanol–water partition coefficient (Wildman–Crippen LogP) is 5.83. The summed E-state index contributed by atoms with van der Waals surface area (Å²) in [7, 11) is 0. The first kappa shape index (κ1) is 26.0. The number of halogens is 6. The van der Waals surface area contributed by atoms with Crippen LogP contribution in [-0.4, -0.2) is 11.8 Å². The SMILES string of the molecule is N#Cc1ccc(C=C(C(N)=O)C(=O)N(c2cccc(C(F)(F)F)c2)c2cccc(C(F)(F)F)c2)cc1. The topological polar surface area (TPSA) is 87.2 Å². The average Bonchev–Trinajstić information content (AvgIpc) is 2.82. The van der Waals surface area contributed by atoms with Gasteiger partial charge in [0.05, 0.1) is 22.8 Å². The summed E-state index contributed by atoms with van der Waals surface area (Å²) in [6, 6.07) is 14.1. The van der Waals surface area contributed by atoms with Crippen molar-refractivity contribution in [1.82, 2.24) is 0 Å². The molecule has 11 heteroatoms. The van der Waals surface area contributed by atoms with Crippen LogP contribution in [0.25, 0.3) is 6.08 Å². The summed E-state index contributed by atoms with van der Waals surface area (Å²) in [5.41, 5.74) is 1.95. The zero-order valence-corrected chi connectivity index (χ0v) is 18.1. The number of nitriles is 1. The van der Waals surface area contributed by atoms with E-state index in [1.807, 2.05) is 6.07 Å². The number of carbonyl (C=O) groups is 2. The van der Waals surface area contributed by atoms with E-state index in [1.165, 1.54) is 24.3 Å². The molecule has 0 saturated heterocycles. The Hall–Kier alpha value is -4.59. The minimum Gasteiger partial charge on any atom is -0.365 e. The van der Waals surface area contributed by atoms with E-state index in [2.05, 4.69) is 0 Å². The van der Waals surface area contributed by atoms with Crippen LogP contribution in [0.5, 0.6) is 0 Å². The zero-order chi connectivity index (χ0) is 26.7. The molecule has 0 unspecified atom stereocenters. The lowest BCUT2D eigenvalue weighted by Crippen LogP contribution is -2.33. The smallest absolute Gasteiger partial charge is 0.365 e. The van der Waals surface area contributed by atoms with Gasteiger partial charge < -0.3 is 5.73 Å². The number of benzene rings is 3. The third-order valence-electron chi connectivity index (χ3n) is 4.91. The molecule has 0 aromatic heterocycles. The van der Waals surface area contributed by atoms with Gasteiger partial charge in [0.1, 0.15) is 5.57 Å². The second-order valence-corrected chi connectivity index (χ2v) is 7.39. The maximum Gasteiger partial charge on any atom is 0.416 e. The number of rotatable bonds is 5. The maximum atomic E-state index is 13.5. The summed E-state index contributed by atoms with van der Waals surface area (Å²) in [4.78, 5) is 26.2. The Morgan fingerprint density at radius 1 is 0.806 bits per heavy atom. The van der Waals surface area contributed by atoms with E-state index in [0.29, 0.717) is 17.0 Å². The fourth-order valence-electron chi connectivity index (χ4n) is 3.21.